The van der Waals surface area contributed by atoms with Crippen LogP contribution in [0, 0.1) is 5.82 Å². The van der Waals surface area contributed by atoms with Crippen molar-refractivity contribution in [1.29, 1.82) is 0 Å². The zero-order chi connectivity index (χ0) is 23.4. The molecule has 0 radical (unpaired) electrons. The lowest BCUT2D eigenvalue weighted by Crippen LogP contribution is -2.77. The van der Waals surface area contributed by atoms with Crippen molar-refractivity contribution in [1.82, 2.24) is 15.2 Å². The molecule has 1 aromatic rings. The molecule has 2 bridgehead atoms. The number of hydrogen-bond acceptors (Lipinski definition) is 5. The fourth-order valence-electron chi connectivity index (χ4n) is 4.73. The van der Waals surface area contributed by atoms with E-state index in [1.807, 2.05) is 6.08 Å². The highest BCUT2D eigenvalue weighted by Gasteiger charge is 2.70. The number of fused-ring (bicyclic) bond motifs is 1. The number of rotatable bonds is 7. The van der Waals surface area contributed by atoms with Gasteiger partial charge >= 0.3 is 0 Å². The molecule has 174 valence electrons. The Morgan fingerprint density at radius 3 is 2.76 bits per heavy atom. The third-order valence-corrected chi connectivity index (χ3v) is 6.25. The maximum Gasteiger partial charge on any atom is 0.272 e. The fraction of sp³-hybridized carbons (Fsp3) is 0.391. The van der Waals surface area contributed by atoms with Gasteiger partial charge in [0, 0.05) is 47.8 Å². The molecular formula is C23H21F4N3O3. The van der Waals surface area contributed by atoms with Gasteiger partial charge in [-0.15, -0.1) is 0 Å². The van der Waals surface area contributed by atoms with Gasteiger partial charge in [0.1, 0.15) is 23.9 Å². The summed E-state index contributed by atoms with van der Waals surface area (Å²) in [6, 6.07) is 0.921. The SMILES string of the molecule is CC1=C(C(=O)NC23CC(F)(C2)C3)CC=C2C=CC(Oc3ncc(F)cc3OCC(F)F)=CN21. The normalized spacial score (nSPS) is 27.3. The quantitative estimate of drug-likeness (QED) is 0.612. The van der Waals surface area contributed by atoms with Crippen LogP contribution < -0.4 is 14.8 Å². The number of aromatic nitrogens is 1. The second kappa shape index (κ2) is 7.64. The highest BCUT2D eigenvalue weighted by Crippen LogP contribution is 2.63. The Kier molecular flexibility index (Phi) is 4.98. The average molecular weight is 463 g/mol. The zero-order valence-electron chi connectivity index (χ0n) is 17.7. The summed E-state index contributed by atoms with van der Waals surface area (Å²) in [5, 5.41) is 2.98. The Morgan fingerprint density at radius 2 is 2.06 bits per heavy atom. The van der Waals surface area contributed by atoms with Gasteiger partial charge in [-0.2, -0.15) is 0 Å². The lowest BCUT2D eigenvalue weighted by atomic mass is 9.47. The van der Waals surface area contributed by atoms with Crippen LogP contribution in [0.5, 0.6) is 11.6 Å². The molecule has 3 fully saturated rings. The van der Waals surface area contributed by atoms with E-state index in [-0.39, 0.29) is 23.3 Å². The number of carbonyl (C=O) groups is 1. The van der Waals surface area contributed by atoms with Crippen LogP contribution in [0.25, 0.3) is 0 Å². The molecular weight excluding hydrogens is 442 g/mol. The molecule has 1 N–H and O–H groups in total. The van der Waals surface area contributed by atoms with Gasteiger partial charge in [-0.1, -0.05) is 6.08 Å². The molecule has 3 saturated carbocycles. The Balaban J connectivity index is 1.33. The molecule has 33 heavy (non-hydrogen) atoms. The monoisotopic (exact) mass is 463 g/mol. The second-order valence-corrected chi connectivity index (χ2v) is 8.81. The van der Waals surface area contributed by atoms with Gasteiger partial charge in [-0.25, -0.2) is 22.5 Å². The number of alkyl halides is 3. The molecule has 3 heterocycles. The average Bonchev–Trinajstić information content (AvgIpc) is 2.72. The zero-order valence-corrected chi connectivity index (χ0v) is 17.7. The number of allylic oxidation sites excluding steroid dienone is 4. The van der Waals surface area contributed by atoms with Crippen molar-refractivity contribution in [2.24, 2.45) is 0 Å². The van der Waals surface area contributed by atoms with Crippen LogP contribution in [0.4, 0.5) is 17.6 Å². The molecule has 6 nitrogen and oxygen atoms in total. The minimum atomic E-state index is -2.74. The van der Waals surface area contributed by atoms with Crippen LogP contribution in [-0.4, -0.2) is 40.0 Å². The molecule has 5 aliphatic rings. The van der Waals surface area contributed by atoms with Gasteiger partial charge in [-0.05, 0) is 25.5 Å². The van der Waals surface area contributed by atoms with Crippen LogP contribution in [-0.2, 0) is 4.79 Å². The Bertz CT molecular complexity index is 1120. The van der Waals surface area contributed by atoms with Gasteiger partial charge in [-0.3, -0.25) is 4.79 Å². The second-order valence-electron chi connectivity index (χ2n) is 8.81. The van der Waals surface area contributed by atoms with Crippen LogP contribution in [0.15, 0.2) is 59.4 Å². The maximum atomic E-state index is 13.8. The summed E-state index contributed by atoms with van der Waals surface area (Å²) in [5.41, 5.74) is 0.542. The molecule has 1 aromatic heterocycles. The number of nitrogens with zero attached hydrogens (tertiary/aromatic N) is 2. The van der Waals surface area contributed by atoms with Crippen molar-refractivity contribution in [2.75, 3.05) is 6.61 Å². The smallest absolute Gasteiger partial charge is 0.272 e. The minimum absolute atomic E-state index is 0.166. The molecule has 0 aromatic carbocycles. The van der Waals surface area contributed by atoms with E-state index in [0.29, 0.717) is 37.0 Å². The predicted molar refractivity (Wildman–Crippen MR) is 109 cm³/mol. The molecule has 2 aliphatic heterocycles. The van der Waals surface area contributed by atoms with Crippen molar-refractivity contribution < 1.29 is 31.8 Å². The summed E-state index contributed by atoms with van der Waals surface area (Å²) in [5.74, 6) is -1.11. The number of pyridine rings is 1. The lowest BCUT2D eigenvalue weighted by molar-refractivity contribution is -0.173. The molecule has 3 aliphatic carbocycles. The van der Waals surface area contributed by atoms with E-state index in [2.05, 4.69) is 10.3 Å². The third-order valence-electron chi connectivity index (χ3n) is 6.25. The van der Waals surface area contributed by atoms with E-state index < -0.39 is 30.1 Å². The van der Waals surface area contributed by atoms with E-state index in [9.17, 15) is 22.4 Å². The summed E-state index contributed by atoms with van der Waals surface area (Å²) in [6.07, 6.45) is 6.59. The molecule has 1 amide bonds. The maximum absolute atomic E-state index is 13.8. The number of halogens is 4. The summed E-state index contributed by atoms with van der Waals surface area (Å²) in [6.45, 7) is 0.863. The Labute approximate surface area is 187 Å². The largest absolute Gasteiger partial charge is 0.482 e. The number of carbonyl (C=O) groups excluding carboxylic acids is 1. The highest BCUT2D eigenvalue weighted by molar-refractivity contribution is 5.95. The van der Waals surface area contributed by atoms with Crippen LogP contribution >= 0.6 is 0 Å². The molecule has 0 spiro atoms. The Hall–Kier alpha value is -3.30. The topological polar surface area (TPSA) is 63.7 Å². The van der Waals surface area contributed by atoms with Crippen LogP contribution in [0.1, 0.15) is 32.6 Å². The summed E-state index contributed by atoms with van der Waals surface area (Å²) in [7, 11) is 0. The fourth-order valence-corrected chi connectivity index (χ4v) is 4.73. The van der Waals surface area contributed by atoms with Crippen LogP contribution in [0.3, 0.4) is 0 Å². The first-order valence-electron chi connectivity index (χ1n) is 10.5. The minimum Gasteiger partial charge on any atom is -0.482 e. The first-order valence-corrected chi connectivity index (χ1v) is 10.5. The highest BCUT2D eigenvalue weighted by atomic mass is 19.3. The third kappa shape index (κ3) is 3.98. The van der Waals surface area contributed by atoms with Crippen molar-refractivity contribution >= 4 is 5.91 Å². The van der Waals surface area contributed by atoms with Gasteiger partial charge < -0.3 is 19.7 Å². The van der Waals surface area contributed by atoms with Crippen molar-refractivity contribution in [2.45, 2.75) is 50.2 Å². The van der Waals surface area contributed by atoms with E-state index in [1.54, 1.807) is 30.2 Å². The van der Waals surface area contributed by atoms with Gasteiger partial charge in [0.25, 0.3) is 12.3 Å². The van der Waals surface area contributed by atoms with E-state index in [4.69, 9.17) is 9.47 Å². The summed E-state index contributed by atoms with van der Waals surface area (Å²) >= 11 is 0. The summed E-state index contributed by atoms with van der Waals surface area (Å²) < 4.78 is 63.0. The van der Waals surface area contributed by atoms with Crippen molar-refractivity contribution in [3.05, 3.63) is 65.2 Å². The van der Waals surface area contributed by atoms with Gasteiger partial charge in [0.05, 0.1) is 12.4 Å². The number of ether oxygens (including phenoxy) is 2. The standard InChI is InChI=1S/C23H21F4N3O3/c1-13-17(20(31)29-23-10-22(27,11-23)12-23)5-3-15-2-4-16(8-30(13)15)33-21-18(32-9-19(25)26)6-14(24)7-28-21/h2-4,6-8,19H,5,9-12H2,1H3,(H,29,31). The predicted octanol–water partition coefficient (Wildman–Crippen LogP) is 4.28. The molecule has 0 atom stereocenters. The van der Waals surface area contributed by atoms with E-state index in [1.165, 1.54) is 0 Å². The van der Waals surface area contributed by atoms with Gasteiger partial charge in [0.15, 0.2) is 5.75 Å². The van der Waals surface area contributed by atoms with Gasteiger partial charge in [0.2, 0.25) is 5.91 Å². The molecule has 0 unspecified atom stereocenters. The molecule has 6 rings (SSSR count). The van der Waals surface area contributed by atoms with Crippen molar-refractivity contribution in [3.63, 3.8) is 0 Å². The molecule has 0 saturated heterocycles. The number of amides is 1. The van der Waals surface area contributed by atoms with E-state index in [0.717, 1.165) is 18.0 Å². The first-order chi connectivity index (χ1) is 15.7. The number of nitrogens with one attached hydrogen (secondary N) is 1. The number of hydrogen-bond donors (Lipinski definition) is 1. The Morgan fingerprint density at radius 1 is 1.30 bits per heavy atom. The van der Waals surface area contributed by atoms with E-state index >= 15 is 0 Å². The lowest BCUT2D eigenvalue weighted by Gasteiger charge is -2.65. The van der Waals surface area contributed by atoms with Crippen molar-refractivity contribution in [3.8, 4) is 11.6 Å². The van der Waals surface area contributed by atoms with Crippen LogP contribution in [0.2, 0.25) is 0 Å². The summed E-state index contributed by atoms with van der Waals surface area (Å²) in [4.78, 5) is 18.4. The molecule has 10 heteroatoms. The first kappa shape index (κ1) is 21.5.